The molecule has 2 aromatic carbocycles. The van der Waals surface area contributed by atoms with Gasteiger partial charge < -0.3 is 9.72 Å². The van der Waals surface area contributed by atoms with E-state index in [2.05, 4.69) is 4.98 Å². The number of aryl methyl sites for hydroxylation is 1. The number of halogens is 2. The number of aromatic nitrogens is 1. The number of ether oxygens (including phenoxy) is 1. The van der Waals surface area contributed by atoms with Gasteiger partial charge in [0.05, 0.1) is 0 Å². The number of pyridine rings is 1. The summed E-state index contributed by atoms with van der Waals surface area (Å²) in [6.07, 6.45) is 0. The van der Waals surface area contributed by atoms with E-state index in [1.807, 2.05) is 6.07 Å². The van der Waals surface area contributed by atoms with Gasteiger partial charge in [-0.3, -0.25) is 4.79 Å². The van der Waals surface area contributed by atoms with Crippen molar-refractivity contribution < 1.29 is 13.5 Å². The minimum Gasteiger partial charge on any atom is -0.483 e. The van der Waals surface area contributed by atoms with E-state index in [0.29, 0.717) is 5.69 Å². The molecule has 130 valence electrons. The molecule has 1 heterocycles. The summed E-state index contributed by atoms with van der Waals surface area (Å²) in [6, 6.07) is 14.4. The van der Waals surface area contributed by atoms with E-state index < -0.39 is 22.9 Å². The highest BCUT2D eigenvalue weighted by molar-refractivity contribution is 5.71. The fourth-order valence-corrected chi connectivity index (χ4v) is 2.61. The molecule has 0 saturated heterocycles. The number of nitrogens with zero attached hydrogens (tertiary/aromatic N) is 1. The Morgan fingerprint density at radius 1 is 1.12 bits per heavy atom. The lowest BCUT2D eigenvalue weighted by Gasteiger charge is -2.11. The molecule has 0 spiro atoms. The third-order valence-electron chi connectivity index (χ3n) is 3.82. The molecule has 4 nitrogen and oxygen atoms in total. The molecule has 0 bridgehead atoms. The van der Waals surface area contributed by atoms with E-state index in [-0.39, 0.29) is 23.3 Å². The lowest BCUT2D eigenvalue weighted by molar-refractivity contribution is 0.274. The molecule has 26 heavy (non-hydrogen) atoms. The van der Waals surface area contributed by atoms with Gasteiger partial charge in [0.25, 0.3) is 5.56 Å². The monoisotopic (exact) mass is 352 g/mol. The Balaban J connectivity index is 1.98. The SMILES string of the molecule is Cc1cc(-c2cc(F)c(OCc3ccccc3)c(F)c2)c(C#N)c(=O)[nH]1. The van der Waals surface area contributed by atoms with Crippen molar-refractivity contribution in [3.05, 3.63) is 87.3 Å². The third-order valence-corrected chi connectivity index (χ3v) is 3.82. The summed E-state index contributed by atoms with van der Waals surface area (Å²) in [5, 5.41) is 9.17. The number of hydrogen-bond donors (Lipinski definition) is 1. The van der Waals surface area contributed by atoms with Crippen molar-refractivity contribution in [2.75, 3.05) is 0 Å². The average Bonchev–Trinajstić information content (AvgIpc) is 2.61. The quantitative estimate of drug-likeness (QED) is 0.769. The summed E-state index contributed by atoms with van der Waals surface area (Å²) in [5.74, 6) is -2.31. The Kier molecular flexibility index (Phi) is 4.81. The van der Waals surface area contributed by atoms with Gasteiger partial charge in [-0.1, -0.05) is 30.3 Å². The minimum atomic E-state index is -0.905. The first-order chi connectivity index (χ1) is 12.5. The molecule has 0 atom stereocenters. The van der Waals surface area contributed by atoms with Gasteiger partial charge in [-0.2, -0.15) is 5.26 Å². The maximum absolute atomic E-state index is 14.4. The van der Waals surface area contributed by atoms with Crippen molar-refractivity contribution in [3.63, 3.8) is 0 Å². The number of hydrogen-bond acceptors (Lipinski definition) is 3. The number of rotatable bonds is 4. The van der Waals surface area contributed by atoms with Crippen LogP contribution in [0.15, 0.2) is 53.3 Å². The molecular weight excluding hydrogens is 338 g/mol. The lowest BCUT2D eigenvalue weighted by Crippen LogP contribution is -2.13. The van der Waals surface area contributed by atoms with Gasteiger partial charge in [0.2, 0.25) is 0 Å². The molecule has 0 fully saturated rings. The highest BCUT2D eigenvalue weighted by Crippen LogP contribution is 2.30. The zero-order valence-corrected chi connectivity index (χ0v) is 13.8. The normalized spacial score (nSPS) is 10.4. The predicted octanol–water partition coefficient (Wildman–Crippen LogP) is 4.08. The largest absolute Gasteiger partial charge is 0.483 e. The van der Waals surface area contributed by atoms with Crippen molar-refractivity contribution in [2.24, 2.45) is 0 Å². The van der Waals surface area contributed by atoms with Crippen molar-refractivity contribution in [2.45, 2.75) is 13.5 Å². The van der Waals surface area contributed by atoms with E-state index in [1.54, 1.807) is 37.3 Å². The second-order valence-corrected chi connectivity index (χ2v) is 5.73. The van der Waals surface area contributed by atoms with Crippen LogP contribution in [0.5, 0.6) is 5.75 Å². The van der Waals surface area contributed by atoms with Gasteiger partial charge in [-0.05, 0) is 36.2 Å². The van der Waals surface area contributed by atoms with Crippen LogP contribution >= 0.6 is 0 Å². The van der Waals surface area contributed by atoms with Crippen LogP contribution in [-0.4, -0.2) is 4.98 Å². The summed E-state index contributed by atoms with van der Waals surface area (Å²) in [5.41, 5.74) is 0.709. The standard InChI is InChI=1S/C20H14F2N2O2/c1-12-7-15(16(10-23)20(25)24-12)14-8-17(21)19(18(22)9-14)26-11-13-5-3-2-4-6-13/h2-9H,11H2,1H3,(H,24,25). The van der Waals surface area contributed by atoms with Gasteiger partial charge >= 0.3 is 0 Å². The van der Waals surface area contributed by atoms with Crippen LogP contribution in [-0.2, 0) is 6.61 Å². The highest BCUT2D eigenvalue weighted by Gasteiger charge is 2.17. The summed E-state index contributed by atoms with van der Waals surface area (Å²) >= 11 is 0. The van der Waals surface area contributed by atoms with Crippen LogP contribution in [0.1, 0.15) is 16.8 Å². The fourth-order valence-electron chi connectivity index (χ4n) is 2.61. The Morgan fingerprint density at radius 3 is 2.38 bits per heavy atom. The average molecular weight is 352 g/mol. The first-order valence-corrected chi connectivity index (χ1v) is 7.79. The number of nitriles is 1. The fraction of sp³-hybridized carbons (Fsp3) is 0.100. The topological polar surface area (TPSA) is 65.9 Å². The van der Waals surface area contributed by atoms with Crippen LogP contribution in [0.2, 0.25) is 0 Å². The molecule has 1 N–H and O–H groups in total. The molecule has 0 aliphatic heterocycles. The van der Waals surface area contributed by atoms with Crippen molar-refractivity contribution >= 4 is 0 Å². The summed E-state index contributed by atoms with van der Waals surface area (Å²) in [6.45, 7) is 1.64. The van der Waals surface area contributed by atoms with Crippen LogP contribution in [0, 0.1) is 29.9 Å². The van der Waals surface area contributed by atoms with Crippen molar-refractivity contribution in [3.8, 4) is 22.9 Å². The van der Waals surface area contributed by atoms with E-state index in [9.17, 15) is 18.8 Å². The van der Waals surface area contributed by atoms with Crippen molar-refractivity contribution in [1.82, 2.24) is 4.98 Å². The Labute approximate surface area is 148 Å². The van der Waals surface area contributed by atoms with E-state index in [4.69, 9.17) is 4.74 Å². The van der Waals surface area contributed by atoms with Gasteiger partial charge in [-0.15, -0.1) is 0 Å². The molecule has 0 saturated carbocycles. The van der Waals surface area contributed by atoms with Gasteiger partial charge in [-0.25, -0.2) is 8.78 Å². The third kappa shape index (κ3) is 3.47. The van der Waals surface area contributed by atoms with Gasteiger partial charge in [0, 0.05) is 11.3 Å². The summed E-state index contributed by atoms with van der Waals surface area (Å²) < 4.78 is 34.1. The number of nitrogens with one attached hydrogen (secondary N) is 1. The van der Waals surface area contributed by atoms with Gasteiger partial charge in [0.15, 0.2) is 17.4 Å². The Morgan fingerprint density at radius 2 is 1.77 bits per heavy atom. The summed E-state index contributed by atoms with van der Waals surface area (Å²) in [7, 11) is 0. The minimum absolute atomic E-state index is 0.0155. The number of aromatic amines is 1. The first-order valence-electron chi connectivity index (χ1n) is 7.79. The van der Waals surface area contributed by atoms with Crippen LogP contribution in [0.3, 0.4) is 0 Å². The Hall–Kier alpha value is -3.46. The predicted molar refractivity (Wildman–Crippen MR) is 92.6 cm³/mol. The van der Waals surface area contributed by atoms with E-state index >= 15 is 0 Å². The molecule has 0 aliphatic carbocycles. The molecule has 0 aliphatic rings. The molecule has 0 unspecified atom stereocenters. The van der Waals surface area contributed by atoms with Crippen molar-refractivity contribution in [1.29, 1.82) is 5.26 Å². The molecule has 6 heteroatoms. The zero-order valence-electron chi connectivity index (χ0n) is 13.8. The molecular formula is C20H14F2N2O2. The summed E-state index contributed by atoms with van der Waals surface area (Å²) in [4.78, 5) is 14.4. The van der Waals surface area contributed by atoms with E-state index in [1.165, 1.54) is 6.07 Å². The zero-order chi connectivity index (χ0) is 18.7. The van der Waals surface area contributed by atoms with Gasteiger partial charge in [0.1, 0.15) is 18.2 Å². The molecule has 3 rings (SSSR count). The highest BCUT2D eigenvalue weighted by atomic mass is 19.1. The second kappa shape index (κ2) is 7.19. The lowest BCUT2D eigenvalue weighted by atomic mass is 10.0. The van der Waals surface area contributed by atoms with Crippen LogP contribution < -0.4 is 10.3 Å². The van der Waals surface area contributed by atoms with E-state index in [0.717, 1.165) is 17.7 Å². The first kappa shape index (κ1) is 17.4. The van der Waals surface area contributed by atoms with Crippen LogP contribution in [0.25, 0.3) is 11.1 Å². The Bertz CT molecular complexity index is 1030. The molecule has 0 amide bonds. The maximum atomic E-state index is 14.4. The second-order valence-electron chi connectivity index (χ2n) is 5.73. The molecule has 3 aromatic rings. The number of benzene rings is 2. The van der Waals surface area contributed by atoms with Crippen LogP contribution in [0.4, 0.5) is 8.78 Å². The molecule has 0 radical (unpaired) electrons. The molecule has 1 aromatic heterocycles. The smallest absolute Gasteiger partial charge is 0.266 e. The number of H-pyrrole nitrogens is 1. The maximum Gasteiger partial charge on any atom is 0.266 e.